The van der Waals surface area contributed by atoms with Crippen LogP contribution in [0.2, 0.25) is 0 Å². The third-order valence-corrected chi connectivity index (χ3v) is 6.37. The number of anilines is 1. The summed E-state index contributed by atoms with van der Waals surface area (Å²) in [6.45, 7) is 4.96. The van der Waals surface area contributed by atoms with E-state index in [1.807, 2.05) is 32.0 Å². The monoisotopic (exact) mass is 587 g/mol. The van der Waals surface area contributed by atoms with Gasteiger partial charge in [-0.2, -0.15) is 0 Å². The van der Waals surface area contributed by atoms with Crippen molar-refractivity contribution in [2.45, 2.75) is 58.8 Å². The summed E-state index contributed by atoms with van der Waals surface area (Å²) in [4.78, 5) is 38.1. The number of unbranched alkanes of at least 4 members (excludes halogenated alkanes) is 3. The molecule has 3 rings (SSSR count). The van der Waals surface area contributed by atoms with E-state index in [-0.39, 0.29) is 30.6 Å². The van der Waals surface area contributed by atoms with Crippen LogP contribution in [0.3, 0.4) is 0 Å². The van der Waals surface area contributed by atoms with Crippen LogP contribution >= 0.6 is 0 Å². The summed E-state index contributed by atoms with van der Waals surface area (Å²) in [5, 5.41) is 2.81. The average molecular weight is 588 g/mol. The van der Waals surface area contributed by atoms with E-state index in [0.717, 1.165) is 38.2 Å². The smallest absolute Gasteiger partial charge is 0.374 e. The lowest BCUT2D eigenvalue weighted by molar-refractivity contribution is -0.143. The summed E-state index contributed by atoms with van der Waals surface area (Å²) in [5.41, 5.74) is 2.05. The fraction of sp³-hybridized carbons (Fsp3) is 0.343. The SMILES string of the molecule is CCCCOC(=O)/C=C(/Oc1ccccc1NC(=O)c1ccc(OCCCCc2ccccc2)cc1)C(=O)OCCCC. The Morgan fingerprint density at radius 3 is 2.12 bits per heavy atom. The molecule has 0 aliphatic heterocycles. The Morgan fingerprint density at radius 1 is 0.721 bits per heavy atom. The van der Waals surface area contributed by atoms with Gasteiger partial charge in [0, 0.05) is 5.56 Å². The molecule has 3 aromatic rings. The maximum atomic E-state index is 13.0. The minimum absolute atomic E-state index is 0.173. The van der Waals surface area contributed by atoms with Gasteiger partial charge in [0.05, 0.1) is 31.6 Å². The van der Waals surface area contributed by atoms with Gasteiger partial charge in [-0.05, 0) is 74.1 Å². The topological polar surface area (TPSA) is 100 Å². The summed E-state index contributed by atoms with van der Waals surface area (Å²) in [5.74, 6) is -1.35. The third-order valence-electron chi connectivity index (χ3n) is 6.37. The fourth-order valence-electron chi connectivity index (χ4n) is 3.92. The maximum absolute atomic E-state index is 13.0. The van der Waals surface area contributed by atoms with Crippen molar-refractivity contribution >= 4 is 23.5 Å². The van der Waals surface area contributed by atoms with Crippen LogP contribution in [0.5, 0.6) is 11.5 Å². The van der Waals surface area contributed by atoms with Crippen molar-refractivity contribution in [2.24, 2.45) is 0 Å². The minimum Gasteiger partial charge on any atom is -0.494 e. The van der Waals surface area contributed by atoms with Crippen LogP contribution in [0.4, 0.5) is 5.69 Å². The zero-order valence-electron chi connectivity index (χ0n) is 25.0. The first-order valence-corrected chi connectivity index (χ1v) is 14.9. The highest BCUT2D eigenvalue weighted by Crippen LogP contribution is 2.27. The van der Waals surface area contributed by atoms with Crippen LogP contribution in [0.15, 0.2) is 90.7 Å². The van der Waals surface area contributed by atoms with Crippen molar-refractivity contribution in [1.29, 1.82) is 0 Å². The van der Waals surface area contributed by atoms with Crippen molar-refractivity contribution in [1.82, 2.24) is 0 Å². The molecule has 8 heteroatoms. The molecule has 1 N–H and O–H groups in total. The molecule has 0 bridgehead atoms. The number of esters is 2. The molecule has 0 aromatic heterocycles. The van der Waals surface area contributed by atoms with Gasteiger partial charge in [0.15, 0.2) is 5.75 Å². The molecule has 0 fully saturated rings. The number of amides is 1. The molecule has 0 aliphatic carbocycles. The summed E-state index contributed by atoms with van der Waals surface area (Å²) in [7, 11) is 0. The lowest BCUT2D eigenvalue weighted by atomic mass is 10.1. The van der Waals surface area contributed by atoms with E-state index in [0.29, 0.717) is 36.4 Å². The number of carbonyl (C=O) groups excluding carboxylic acids is 3. The molecule has 0 unspecified atom stereocenters. The Bertz CT molecular complexity index is 1320. The molecule has 0 saturated carbocycles. The second kappa shape index (κ2) is 18.8. The molecule has 0 heterocycles. The number of hydrogen-bond donors (Lipinski definition) is 1. The van der Waals surface area contributed by atoms with Gasteiger partial charge in [0.2, 0.25) is 5.76 Å². The Morgan fingerprint density at radius 2 is 1.40 bits per heavy atom. The Labute approximate surface area is 254 Å². The van der Waals surface area contributed by atoms with Gasteiger partial charge in [0.1, 0.15) is 5.75 Å². The van der Waals surface area contributed by atoms with E-state index in [4.69, 9.17) is 18.9 Å². The van der Waals surface area contributed by atoms with E-state index in [1.54, 1.807) is 48.5 Å². The molecule has 0 radical (unpaired) electrons. The van der Waals surface area contributed by atoms with Gasteiger partial charge in [-0.15, -0.1) is 0 Å². The number of carbonyl (C=O) groups is 3. The number of ether oxygens (including phenoxy) is 4. The normalized spacial score (nSPS) is 11.0. The molecule has 8 nitrogen and oxygen atoms in total. The summed E-state index contributed by atoms with van der Waals surface area (Å²) in [6.07, 6.45) is 7.00. The number of para-hydroxylation sites is 2. The molecule has 43 heavy (non-hydrogen) atoms. The predicted molar refractivity (Wildman–Crippen MR) is 166 cm³/mol. The number of benzene rings is 3. The van der Waals surface area contributed by atoms with Crippen LogP contribution in [0, 0.1) is 0 Å². The molecule has 1 amide bonds. The van der Waals surface area contributed by atoms with Gasteiger partial charge < -0.3 is 24.3 Å². The Hall–Kier alpha value is -4.59. The maximum Gasteiger partial charge on any atom is 0.374 e. The molecular weight excluding hydrogens is 546 g/mol. The highest BCUT2D eigenvalue weighted by atomic mass is 16.6. The van der Waals surface area contributed by atoms with Gasteiger partial charge >= 0.3 is 11.9 Å². The van der Waals surface area contributed by atoms with Gasteiger partial charge in [0.25, 0.3) is 5.91 Å². The Kier molecular flexibility index (Phi) is 14.4. The quantitative estimate of drug-likeness (QED) is 0.0722. The summed E-state index contributed by atoms with van der Waals surface area (Å²) < 4.78 is 22.1. The molecule has 228 valence electrons. The van der Waals surface area contributed by atoms with Crippen molar-refractivity contribution in [3.05, 3.63) is 102 Å². The van der Waals surface area contributed by atoms with Crippen LogP contribution < -0.4 is 14.8 Å². The average Bonchev–Trinajstić information content (AvgIpc) is 3.02. The van der Waals surface area contributed by atoms with Gasteiger partial charge in [-0.1, -0.05) is 69.2 Å². The summed E-state index contributed by atoms with van der Waals surface area (Å²) >= 11 is 0. The van der Waals surface area contributed by atoms with Crippen molar-refractivity contribution in [2.75, 3.05) is 25.1 Å². The van der Waals surface area contributed by atoms with Gasteiger partial charge in [-0.25, -0.2) is 9.59 Å². The number of hydrogen-bond acceptors (Lipinski definition) is 7. The molecular formula is C35H41NO7. The van der Waals surface area contributed by atoms with Crippen LogP contribution in [0.25, 0.3) is 0 Å². The predicted octanol–water partition coefficient (Wildman–Crippen LogP) is 7.29. The standard InChI is InChI=1S/C35H41NO7/c1-3-5-23-41-33(37)26-32(35(39)42-24-6-4-2)43-31-18-11-10-17-30(31)36-34(38)28-19-21-29(22-20-28)40-25-13-12-16-27-14-8-7-9-15-27/h7-11,14-15,17-22,26H,3-6,12-13,16,23-25H2,1-2H3,(H,36,38)/b32-26+. The Balaban J connectivity index is 1.59. The molecule has 0 aliphatic rings. The molecule has 0 atom stereocenters. The van der Waals surface area contributed by atoms with Gasteiger partial charge in [-0.3, -0.25) is 4.79 Å². The molecule has 0 spiro atoms. The van der Waals surface area contributed by atoms with Crippen LogP contribution in [-0.2, 0) is 25.5 Å². The highest BCUT2D eigenvalue weighted by molar-refractivity contribution is 6.05. The highest BCUT2D eigenvalue weighted by Gasteiger charge is 2.19. The second-order valence-electron chi connectivity index (χ2n) is 9.89. The van der Waals surface area contributed by atoms with E-state index in [2.05, 4.69) is 17.4 Å². The zero-order valence-corrected chi connectivity index (χ0v) is 25.0. The molecule has 3 aromatic carbocycles. The van der Waals surface area contributed by atoms with Crippen molar-refractivity contribution in [3.8, 4) is 11.5 Å². The fourth-order valence-corrected chi connectivity index (χ4v) is 3.92. The van der Waals surface area contributed by atoms with Crippen molar-refractivity contribution in [3.63, 3.8) is 0 Å². The van der Waals surface area contributed by atoms with Crippen molar-refractivity contribution < 1.29 is 33.3 Å². The summed E-state index contributed by atoms with van der Waals surface area (Å²) in [6, 6.07) is 23.9. The van der Waals surface area contributed by atoms with E-state index in [9.17, 15) is 14.4 Å². The first kappa shape index (κ1) is 32.9. The minimum atomic E-state index is -0.794. The van der Waals surface area contributed by atoms with Crippen LogP contribution in [0.1, 0.15) is 68.3 Å². The largest absolute Gasteiger partial charge is 0.494 e. The number of nitrogens with one attached hydrogen (secondary N) is 1. The first-order chi connectivity index (χ1) is 21.0. The van der Waals surface area contributed by atoms with E-state index in [1.165, 1.54) is 5.56 Å². The second-order valence-corrected chi connectivity index (χ2v) is 9.89. The van der Waals surface area contributed by atoms with E-state index < -0.39 is 11.9 Å². The van der Waals surface area contributed by atoms with E-state index >= 15 is 0 Å². The lowest BCUT2D eigenvalue weighted by Crippen LogP contribution is -2.18. The number of aryl methyl sites for hydroxylation is 1. The zero-order chi connectivity index (χ0) is 30.7. The number of rotatable bonds is 18. The third kappa shape index (κ3) is 12.0. The first-order valence-electron chi connectivity index (χ1n) is 14.9. The molecule has 0 saturated heterocycles. The lowest BCUT2D eigenvalue weighted by Gasteiger charge is -2.14. The van der Waals surface area contributed by atoms with Crippen LogP contribution in [-0.4, -0.2) is 37.7 Å².